The molecule has 3 unspecified atom stereocenters. The monoisotopic (exact) mass is 542 g/mol. The van der Waals surface area contributed by atoms with Crippen LogP contribution in [-0.4, -0.2) is 85.9 Å². The summed E-state index contributed by atoms with van der Waals surface area (Å²) in [4.78, 5) is 44.2. The number of hydrogen-bond donors (Lipinski definition) is 1. The number of thioether (sulfide) groups is 1. The van der Waals surface area contributed by atoms with Crippen molar-refractivity contribution >= 4 is 45.5 Å². The number of hydrogen-bond acceptors (Lipinski definition) is 6. The molecule has 0 aromatic rings. The van der Waals surface area contributed by atoms with E-state index in [9.17, 15) is 19.5 Å². The molecule has 0 aliphatic carbocycles. The van der Waals surface area contributed by atoms with Crippen LogP contribution in [0.2, 0.25) is 0 Å². The molecule has 3 aliphatic heterocycles. The maximum absolute atomic E-state index is 14.0. The molecule has 1 N–H and O–H groups in total. The molecular formula is C24H35BrN2O5S. The number of fused-ring (bicyclic) bond motifs is 1. The zero-order valence-corrected chi connectivity index (χ0v) is 21.9. The normalized spacial score (nSPS) is 33.0. The molecule has 0 saturated carbocycles. The Bertz CT molecular complexity index is 795. The first-order valence-electron chi connectivity index (χ1n) is 11.7. The zero-order chi connectivity index (χ0) is 24.3. The minimum Gasteiger partial charge on any atom is -0.465 e. The van der Waals surface area contributed by atoms with Crippen LogP contribution in [0.1, 0.15) is 39.5 Å². The Kier molecular flexibility index (Phi) is 8.72. The fourth-order valence-electron chi connectivity index (χ4n) is 5.49. The minimum absolute atomic E-state index is 0.00770. The molecule has 0 aromatic carbocycles. The van der Waals surface area contributed by atoms with E-state index < -0.39 is 34.6 Å². The van der Waals surface area contributed by atoms with Gasteiger partial charge in [0, 0.05) is 23.2 Å². The summed E-state index contributed by atoms with van der Waals surface area (Å²) in [6.07, 6.45) is 6.32. The van der Waals surface area contributed by atoms with Crippen molar-refractivity contribution in [2.24, 2.45) is 11.8 Å². The van der Waals surface area contributed by atoms with Gasteiger partial charge in [0.25, 0.3) is 0 Å². The van der Waals surface area contributed by atoms with Gasteiger partial charge in [-0.3, -0.25) is 14.4 Å². The lowest BCUT2D eigenvalue weighted by Crippen LogP contribution is -2.57. The van der Waals surface area contributed by atoms with Crippen molar-refractivity contribution in [2.45, 2.75) is 66.4 Å². The number of halogens is 1. The van der Waals surface area contributed by atoms with Crippen LogP contribution in [0, 0.1) is 11.8 Å². The first kappa shape index (κ1) is 26.3. The van der Waals surface area contributed by atoms with Gasteiger partial charge in [0.15, 0.2) is 0 Å². The Hall–Kier alpha value is -1.32. The lowest BCUT2D eigenvalue weighted by Gasteiger charge is -2.39. The SMILES string of the molecule is C=CCCOC(=O)[C@H]1[C@@H]2SC3(CC2Br)C(C(=O)N(CC=C)CCCC)N([C@H](C)CO)C(=O)[C@H]13. The predicted molar refractivity (Wildman–Crippen MR) is 133 cm³/mol. The highest BCUT2D eigenvalue weighted by atomic mass is 79.9. The van der Waals surface area contributed by atoms with Crippen molar-refractivity contribution in [1.82, 2.24) is 9.80 Å². The fourth-order valence-corrected chi connectivity index (χ4v) is 9.07. The van der Waals surface area contributed by atoms with Gasteiger partial charge in [-0.2, -0.15) is 0 Å². The number of rotatable bonds is 12. The van der Waals surface area contributed by atoms with Crippen LogP contribution in [0.25, 0.3) is 0 Å². The molecule has 184 valence electrons. The molecule has 2 amide bonds. The number of ether oxygens (including phenoxy) is 1. The lowest BCUT2D eigenvalue weighted by molar-refractivity contribution is -0.154. The Labute approximate surface area is 209 Å². The maximum atomic E-state index is 14.0. The van der Waals surface area contributed by atoms with Gasteiger partial charge in [-0.05, 0) is 26.2 Å². The van der Waals surface area contributed by atoms with Gasteiger partial charge in [-0.15, -0.1) is 24.9 Å². The average Bonchev–Trinajstić information content (AvgIpc) is 3.39. The number of aliphatic hydroxyl groups is 1. The molecule has 2 bridgehead atoms. The van der Waals surface area contributed by atoms with Crippen LogP contribution in [0.3, 0.4) is 0 Å². The van der Waals surface area contributed by atoms with Crippen LogP contribution in [0.4, 0.5) is 0 Å². The molecule has 3 aliphatic rings. The van der Waals surface area contributed by atoms with E-state index in [1.54, 1.807) is 40.6 Å². The summed E-state index contributed by atoms with van der Waals surface area (Å²) in [7, 11) is 0. The summed E-state index contributed by atoms with van der Waals surface area (Å²) in [6.45, 7) is 12.2. The largest absolute Gasteiger partial charge is 0.465 e. The summed E-state index contributed by atoms with van der Waals surface area (Å²) in [5, 5.41) is 9.81. The molecule has 1 spiro atoms. The third-order valence-corrected chi connectivity index (χ3v) is 10.2. The van der Waals surface area contributed by atoms with Crippen molar-refractivity contribution in [1.29, 1.82) is 0 Å². The molecule has 3 heterocycles. The fraction of sp³-hybridized carbons (Fsp3) is 0.708. The smallest absolute Gasteiger partial charge is 0.310 e. The number of nitrogens with zero attached hydrogens (tertiary/aromatic N) is 2. The van der Waals surface area contributed by atoms with Crippen LogP contribution in [0.15, 0.2) is 25.3 Å². The van der Waals surface area contributed by atoms with E-state index in [0.717, 1.165) is 12.8 Å². The zero-order valence-electron chi connectivity index (χ0n) is 19.5. The number of carbonyl (C=O) groups excluding carboxylic acids is 3. The lowest BCUT2D eigenvalue weighted by atomic mass is 9.71. The van der Waals surface area contributed by atoms with Gasteiger partial charge in [-0.25, -0.2) is 0 Å². The maximum Gasteiger partial charge on any atom is 0.310 e. The molecule has 9 heteroatoms. The summed E-state index contributed by atoms with van der Waals surface area (Å²) >= 11 is 5.31. The van der Waals surface area contributed by atoms with E-state index in [2.05, 4.69) is 36.0 Å². The van der Waals surface area contributed by atoms with E-state index in [0.29, 0.717) is 25.9 Å². The molecule has 0 radical (unpaired) electrons. The molecule has 7 atom stereocenters. The number of carbonyl (C=O) groups is 3. The minimum atomic E-state index is -0.741. The van der Waals surface area contributed by atoms with Crippen molar-refractivity contribution in [2.75, 3.05) is 26.3 Å². The van der Waals surface area contributed by atoms with E-state index in [4.69, 9.17) is 4.74 Å². The molecule has 3 fully saturated rings. The summed E-state index contributed by atoms with van der Waals surface area (Å²) in [6, 6.07) is -1.27. The van der Waals surface area contributed by atoms with Crippen LogP contribution >= 0.6 is 27.7 Å². The van der Waals surface area contributed by atoms with Gasteiger partial charge in [0.2, 0.25) is 11.8 Å². The van der Waals surface area contributed by atoms with E-state index in [-0.39, 0.29) is 35.1 Å². The predicted octanol–water partition coefficient (Wildman–Crippen LogP) is 2.77. The molecular weight excluding hydrogens is 508 g/mol. The highest BCUT2D eigenvalue weighted by Crippen LogP contribution is 2.68. The van der Waals surface area contributed by atoms with Crippen LogP contribution in [-0.2, 0) is 19.1 Å². The molecule has 0 aromatic heterocycles. The molecule has 3 saturated heterocycles. The molecule has 33 heavy (non-hydrogen) atoms. The number of esters is 1. The second-order valence-electron chi connectivity index (χ2n) is 9.11. The highest BCUT2D eigenvalue weighted by Gasteiger charge is 2.76. The van der Waals surface area contributed by atoms with Crippen molar-refractivity contribution in [3.8, 4) is 0 Å². The number of amides is 2. The summed E-state index contributed by atoms with van der Waals surface area (Å²) in [5.41, 5.74) is 0. The first-order valence-corrected chi connectivity index (χ1v) is 13.5. The Morgan fingerprint density at radius 3 is 2.76 bits per heavy atom. The van der Waals surface area contributed by atoms with E-state index in [1.165, 1.54) is 0 Å². The number of alkyl halides is 1. The van der Waals surface area contributed by atoms with Gasteiger partial charge in [0.05, 0.1) is 35.8 Å². The third-order valence-electron chi connectivity index (χ3n) is 6.98. The van der Waals surface area contributed by atoms with Crippen LogP contribution < -0.4 is 0 Å². The van der Waals surface area contributed by atoms with E-state index in [1.807, 2.05) is 0 Å². The standard InChI is InChI=1S/C24H35BrN2O5S/c1-5-8-11-26(10-7-3)22(30)20-24-13-16(25)19(33-24)17(23(31)32-12-9-6-2)18(24)21(29)27(20)15(4)14-28/h6-7,15-20,28H,2-3,5,8-14H2,1,4H3/t15-,16?,17-,18+,19-,20?,24?/m1/s1. The highest BCUT2D eigenvalue weighted by molar-refractivity contribution is 9.09. The Balaban J connectivity index is 2.01. The second kappa shape index (κ2) is 11.0. The van der Waals surface area contributed by atoms with Crippen molar-refractivity contribution < 1.29 is 24.2 Å². The third kappa shape index (κ3) is 4.52. The van der Waals surface area contributed by atoms with Crippen molar-refractivity contribution in [3.63, 3.8) is 0 Å². The van der Waals surface area contributed by atoms with Gasteiger partial charge < -0.3 is 19.6 Å². The van der Waals surface area contributed by atoms with Gasteiger partial charge >= 0.3 is 5.97 Å². The number of unbranched alkanes of at least 4 members (excludes halogenated alkanes) is 1. The summed E-state index contributed by atoms with van der Waals surface area (Å²) in [5.74, 6) is -2.02. The Morgan fingerprint density at radius 1 is 1.42 bits per heavy atom. The number of aliphatic hydroxyl groups excluding tert-OH is 1. The first-order chi connectivity index (χ1) is 15.8. The molecule has 3 rings (SSSR count). The van der Waals surface area contributed by atoms with Crippen molar-refractivity contribution in [3.05, 3.63) is 25.3 Å². The van der Waals surface area contributed by atoms with Gasteiger partial charge in [0.1, 0.15) is 6.04 Å². The average molecular weight is 544 g/mol. The number of likely N-dealkylation sites (tertiary alicyclic amines) is 1. The quantitative estimate of drug-likeness (QED) is 0.176. The summed E-state index contributed by atoms with van der Waals surface area (Å²) < 4.78 is 4.77. The molecule has 7 nitrogen and oxygen atoms in total. The Morgan fingerprint density at radius 2 is 2.15 bits per heavy atom. The van der Waals surface area contributed by atoms with E-state index >= 15 is 0 Å². The topological polar surface area (TPSA) is 87.2 Å². The van der Waals surface area contributed by atoms with Crippen LogP contribution in [0.5, 0.6) is 0 Å². The van der Waals surface area contributed by atoms with Gasteiger partial charge in [-0.1, -0.05) is 41.4 Å². The second-order valence-corrected chi connectivity index (χ2v) is 11.8.